The number of halogens is 2. The van der Waals surface area contributed by atoms with E-state index in [1.54, 1.807) is 43.0 Å². The van der Waals surface area contributed by atoms with E-state index in [1.807, 2.05) is 6.07 Å². The quantitative estimate of drug-likeness (QED) is 0.392. The van der Waals surface area contributed by atoms with E-state index in [0.29, 0.717) is 36.2 Å². The number of nitrogens with zero attached hydrogens (tertiary/aromatic N) is 6. The van der Waals surface area contributed by atoms with Crippen molar-refractivity contribution in [1.29, 1.82) is 10.5 Å². The standard InChI is InChI=1S/C29H25F2N7O2/c1-29(2,40)15-38-27-23(13-33)26(31)22(11-25(27)35-36-38)20-6-5-17(28(39)37-8-7-19(34)14-37)9-21(20)16-3-4-18(12-32)24(30)10-16/h3-6,9-11,19,40H,7-8,14-15,34H2,1-2H3/t19-/m0/s1. The first-order valence-corrected chi connectivity index (χ1v) is 12.6. The molecule has 9 nitrogen and oxygen atoms in total. The largest absolute Gasteiger partial charge is 0.389 e. The Morgan fingerprint density at radius 1 is 1.12 bits per heavy atom. The van der Waals surface area contributed by atoms with Crippen molar-refractivity contribution in [3.05, 3.63) is 70.8 Å². The molecule has 202 valence electrons. The predicted molar refractivity (Wildman–Crippen MR) is 143 cm³/mol. The SMILES string of the molecule is CC(C)(O)Cn1nnc2cc(-c3ccc(C(=O)N4CC[C@H](N)C4)cc3-c3ccc(C#N)c(F)c3)c(F)c(C#N)c21. The van der Waals surface area contributed by atoms with Crippen molar-refractivity contribution in [3.8, 4) is 34.4 Å². The molecule has 0 bridgehead atoms. The van der Waals surface area contributed by atoms with Crippen LogP contribution in [0.1, 0.15) is 41.8 Å². The van der Waals surface area contributed by atoms with Gasteiger partial charge in [0.25, 0.3) is 5.91 Å². The molecular formula is C29H25F2N7O2. The van der Waals surface area contributed by atoms with Gasteiger partial charge in [0, 0.05) is 30.3 Å². The number of rotatable bonds is 5. The fourth-order valence-corrected chi connectivity index (χ4v) is 4.97. The van der Waals surface area contributed by atoms with Crippen LogP contribution in [0.4, 0.5) is 8.78 Å². The number of nitrogens with two attached hydrogens (primary N) is 1. The van der Waals surface area contributed by atoms with E-state index < -0.39 is 17.2 Å². The average molecular weight is 542 g/mol. The van der Waals surface area contributed by atoms with Crippen molar-refractivity contribution in [2.24, 2.45) is 5.73 Å². The molecule has 3 N–H and O–H groups in total. The molecule has 1 aliphatic rings. The molecule has 0 saturated carbocycles. The van der Waals surface area contributed by atoms with E-state index >= 15 is 4.39 Å². The first-order chi connectivity index (χ1) is 19.0. The fourth-order valence-electron chi connectivity index (χ4n) is 4.97. The zero-order valence-electron chi connectivity index (χ0n) is 21.8. The van der Waals surface area contributed by atoms with Gasteiger partial charge in [0.15, 0.2) is 5.82 Å². The highest BCUT2D eigenvalue weighted by atomic mass is 19.1. The van der Waals surface area contributed by atoms with Crippen LogP contribution in [0.25, 0.3) is 33.3 Å². The number of aliphatic hydroxyl groups is 1. The van der Waals surface area contributed by atoms with Crippen LogP contribution in [0.5, 0.6) is 0 Å². The van der Waals surface area contributed by atoms with E-state index in [2.05, 4.69) is 10.3 Å². The third-order valence-electron chi connectivity index (χ3n) is 6.85. The lowest BCUT2D eigenvalue weighted by molar-refractivity contribution is 0.0584. The van der Waals surface area contributed by atoms with E-state index in [-0.39, 0.29) is 51.8 Å². The maximum Gasteiger partial charge on any atom is 0.253 e. The minimum atomic E-state index is -1.20. The normalized spacial score (nSPS) is 15.3. The second-order valence-electron chi connectivity index (χ2n) is 10.5. The Balaban J connectivity index is 1.72. The minimum Gasteiger partial charge on any atom is -0.389 e. The average Bonchev–Trinajstić information content (AvgIpc) is 3.52. The van der Waals surface area contributed by atoms with E-state index in [4.69, 9.17) is 5.73 Å². The van der Waals surface area contributed by atoms with Gasteiger partial charge in [-0.2, -0.15) is 10.5 Å². The first kappa shape index (κ1) is 26.9. The molecule has 5 rings (SSSR count). The Kier molecular flexibility index (Phi) is 6.80. The third-order valence-corrected chi connectivity index (χ3v) is 6.85. The molecule has 2 heterocycles. The zero-order chi connectivity index (χ0) is 28.8. The highest BCUT2D eigenvalue weighted by Gasteiger charge is 2.27. The van der Waals surface area contributed by atoms with Gasteiger partial charge < -0.3 is 15.7 Å². The summed E-state index contributed by atoms with van der Waals surface area (Å²) in [4.78, 5) is 14.9. The van der Waals surface area contributed by atoms with Gasteiger partial charge in [-0.3, -0.25) is 4.79 Å². The summed E-state index contributed by atoms with van der Waals surface area (Å²) in [6.07, 6.45) is 0.674. The van der Waals surface area contributed by atoms with Crippen molar-refractivity contribution in [1.82, 2.24) is 19.9 Å². The van der Waals surface area contributed by atoms with Crippen molar-refractivity contribution in [2.75, 3.05) is 13.1 Å². The number of amides is 1. The van der Waals surface area contributed by atoms with Crippen LogP contribution in [0.2, 0.25) is 0 Å². The van der Waals surface area contributed by atoms with Crippen molar-refractivity contribution in [3.63, 3.8) is 0 Å². The number of carbonyl (C=O) groups excluding carboxylic acids is 1. The van der Waals surface area contributed by atoms with Gasteiger partial charge >= 0.3 is 0 Å². The molecule has 1 aromatic heterocycles. The van der Waals surface area contributed by atoms with Gasteiger partial charge in [0.2, 0.25) is 0 Å². The van der Waals surface area contributed by atoms with Crippen LogP contribution >= 0.6 is 0 Å². The van der Waals surface area contributed by atoms with Crippen LogP contribution in [-0.2, 0) is 6.54 Å². The predicted octanol–water partition coefficient (Wildman–Crippen LogP) is 3.73. The highest BCUT2D eigenvalue weighted by Crippen LogP contribution is 2.38. The summed E-state index contributed by atoms with van der Waals surface area (Å²) in [7, 11) is 0. The molecule has 3 aromatic carbocycles. The maximum atomic E-state index is 16.1. The molecule has 40 heavy (non-hydrogen) atoms. The molecule has 1 amide bonds. The van der Waals surface area contributed by atoms with Gasteiger partial charge in [-0.1, -0.05) is 17.3 Å². The molecule has 1 fully saturated rings. The lowest BCUT2D eigenvalue weighted by atomic mass is 9.90. The number of hydrogen-bond acceptors (Lipinski definition) is 7. The summed E-state index contributed by atoms with van der Waals surface area (Å²) in [6, 6.07) is 13.6. The molecule has 0 radical (unpaired) electrons. The smallest absolute Gasteiger partial charge is 0.253 e. The summed E-state index contributed by atoms with van der Waals surface area (Å²) in [6.45, 7) is 3.99. The summed E-state index contributed by atoms with van der Waals surface area (Å²) in [5, 5.41) is 37.4. The Bertz CT molecular complexity index is 1740. The second kappa shape index (κ2) is 10.1. The lowest BCUT2D eigenvalue weighted by Crippen LogP contribution is -2.31. The van der Waals surface area contributed by atoms with Crippen LogP contribution in [0, 0.1) is 34.3 Å². The summed E-state index contributed by atoms with van der Waals surface area (Å²) >= 11 is 0. The van der Waals surface area contributed by atoms with E-state index in [1.165, 1.54) is 22.9 Å². The van der Waals surface area contributed by atoms with Crippen molar-refractivity contribution >= 4 is 16.9 Å². The Morgan fingerprint density at radius 2 is 1.90 bits per heavy atom. The lowest BCUT2D eigenvalue weighted by Gasteiger charge is -2.19. The van der Waals surface area contributed by atoms with Gasteiger partial charge in [-0.15, -0.1) is 5.10 Å². The molecule has 1 aliphatic heterocycles. The molecule has 4 aromatic rings. The number of hydrogen-bond donors (Lipinski definition) is 2. The van der Waals surface area contributed by atoms with Gasteiger partial charge in [-0.05, 0) is 67.3 Å². The minimum absolute atomic E-state index is 0.00122. The van der Waals surface area contributed by atoms with Crippen molar-refractivity contribution in [2.45, 2.75) is 38.5 Å². The summed E-state index contributed by atoms with van der Waals surface area (Å²) in [5.74, 6) is -1.89. The third kappa shape index (κ3) is 4.89. The van der Waals surface area contributed by atoms with Crippen LogP contribution in [0.3, 0.4) is 0 Å². The molecule has 0 spiro atoms. The second-order valence-corrected chi connectivity index (χ2v) is 10.5. The molecule has 1 atom stereocenters. The van der Waals surface area contributed by atoms with Crippen molar-refractivity contribution < 1.29 is 18.7 Å². The van der Waals surface area contributed by atoms with Gasteiger partial charge in [0.05, 0.1) is 17.7 Å². The Hall–Kier alpha value is -4.71. The maximum absolute atomic E-state index is 16.1. The number of nitriles is 2. The molecular weight excluding hydrogens is 516 g/mol. The fraction of sp³-hybridized carbons (Fsp3) is 0.276. The molecule has 0 aliphatic carbocycles. The summed E-state index contributed by atoms with van der Waals surface area (Å²) in [5.41, 5.74) is 5.88. The highest BCUT2D eigenvalue weighted by molar-refractivity contribution is 5.99. The van der Waals surface area contributed by atoms with Gasteiger partial charge in [0.1, 0.15) is 34.6 Å². The molecule has 0 unspecified atom stereocenters. The van der Waals surface area contributed by atoms with Crippen LogP contribution < -0.4 is 5.73 Å². The number of likely N-dealkylation sites (tertiary alicyclic amines) is 1. The first-order valence-electron chi connectivity index (χ1n) is 12.6. The topological polar surface area (TPSA) is 145 Å². The van der Waals surface area contributed by atoms with Gasteiger partial charge in [-0.25, -0.2) is 13.5 Å². The Morgan fingerprint density at radius 3 is 2.52 bits per heavy atom. The molecule has 1 saturated heterocycles. The number of carbonyl (C=O) groups is 1. The Labute approximate surface area is 228 Å². The van der Waals surface area contributed by atoms with E-state index in [0.717, 1.165) is 6.07 Å². The number of fused-ring (bicyclic) bond motifs is 1. The van der Waals surface area contributed by atoms with Crippen LogP contribution in [0.15, 0.2) is 42.5 Å². The zero-order valence-corrected chi connectivity index (χ0v) is 21.8. The van der Waals surface area contributed by atoms with E-state index in [9.17, 15) is 24.8 Å². The van der Waals surface area contributed by atoms with Crippen LogP contribution in [-0.4, -0.2) is 55.6 Å². The molecule has 11 heteroatoms. The number of benzene rings is 3. The summed E-state index contributed by atoms with van der Waals surface area (Å²) < 4.78 is 32.0. The number of aromatic nitrogens is 3. The monoisotopic (exact) mass is 541 g/mol.